The minimum atomic E-state index is 0.154. The van der Waals surface area contributed by atoms with Crippen molar-refractivity contribution in [3.8, 4) is 16.3 Å². The highest BCUT2D eigenvalue weighted by Gasteiger charge is 2.29. The maximum Gasteiger partial charge on any atom is 0.225 e. The molecule has 0 atom stereocenters. The van der Waals surface area contributed by atoms with E-state index in [1.54, 1.807) is 18.4 Å². The number of benzene rings is 1. The van der Waals surface area contributed by atoms with Crippen LogP contribution in [-0.4, -0.2) is 67.2 Å². The van der Waals surface area contributed by atoms with Gasteiger partial charge in [-0.25, -0.2) is 4.98 Å². The Morgan fingerprint density at radius 3 is 2.76 bits per heavy atom. The van der Waals surface area contributed by atoms with E-state index >= 15 is 0 Å². The van der Waals surface area contributed by atoms with Gasteiger partial charge in [0.05, 0.1) is 31.6 Å². The summed E-state index contributed by atoms with van der Waals surface area (Å²) in [6, 6.07) is 5.97. The molecule has 156 valence electrons. The van der Waals surface area contributed by atoms with Gasteiger partial charge in [-0.05, 0) is 44.1 Å². The van der Waals surface area contributed by atoms with Crippen LogP contribution in [0.1, 0.15) is 18.5 Å². The number of ether oxygens (including phenoxy) is 2. The van der Waals surface area contributed by atoms with Crippen molar-refractivity contribution in [3.05, 3.63) is 33.7 Å². The average molecular weight is 480 g/mol. The molecule has 0 bridgehead atoms. The minimum absolute atomic E-state index is 0.154. The third-order valence-electron chi connectivity index (χ3n) is 5.59. The fraction of sp³-hybridized carbons (Fsp3) is 0.524. The van der Waals surface area contributed by atoms with Gasteiger partial charge < -0.3 is 14.4 Å². The van der Waals surface area contributed by atoms with Crippen molar-refractivity contribution in [3.63, 3.8) is 0 Å². The Morgan fingerprint density at radius 1 is 1.28 bits per heavy atom. The topological polar surface area (TPSA) is 54.9 Å². The van der Waals surface area contributed by atoms with Crippen molar-refractivity contribution in [2.24, 2.45) is 5.92 Å². The number of carbonyl (C=O) groups excluding carboxylic acids is 1. The van der Waals surface area contributed by atoms with E-state index in [0.29, 0.717) is 19.1 Å². The zero-order valence-corrected chi connectivity index (χ0v) is 19.0. The van der Waals surface area contributed by atoms with Crippen molar-refractivity contribution in [1.29, 1.82) is 0 Å². The van der Waals surface area contributed by atoms with Gasteiger partial charge in [-0.3, -0.25) is 9.69 Å². The Kier molecular flexibility index (Phi) is 6.85. The van der Waals surface area contributed by atoms with E-state index < -0.39 is 0 Å². The SMILES string of the molecule is COc1ccc(Br)cc1-c1nc(CN2CCC(C(=O)N3CCOCC3)CC2)cs1. The molecule has 6 nitrogen and oxygen atoms in total. The normalized spacial score (nSPS) is 18.8. The molecule has 2 fully saturated rings. The van der Waals surface area contributed by atoms with Gasteiger partial charge in [0.15, 0.2) is 0 Å². The van der Waals surface area contributed by atoms with E-state index in [9.17, 15) is 4.79 Å². The summed E-state index contributed by atoms with van der Waals surface area (Å²) in [5.74, 6) is 1.29. The van der Waals surface area contributed by atoms with Crippen LogP contribution in [0.3, 0.4) is 0 Å². The number of rotatable bonds is 5. The number of hydrogen-bond donors (Lipinski definition) is 0. The Hall–Kier alpha value is -1.48. The number of hydrogen-bond acceptors (Lipinski definition) is 6. The first-order chi connectivity index (χ1) is 14.1. The summed E-state index contributed by atoms with van der Waals surface area (Å²) in [5.41, 5.74) is 2.08. The first kappa shape index (κ1) is 20.8. The minimum Gasteiger partial charge on any atom is -0.496 e. The van der Waals surface area contributed by atoms with Crippen molar-refractivity contribution in [2.45, 2.75) is 19.4 Å². The number of methoxy groups -OCH3 is 1. The van der Waals surface area contributed by atoms with Crippen LogP contribution in [0.25, 0.3) is 10.6 Å². The molecular formula is C21H26BrN3O3S. The van der Waals surface area contributed by atoms with Gasteiger partial charge in [-0.15, -0.1) is 11.3 Å². The van der Waals surface area contributed by atoms with Crippen LogP contribution in [0, 0.1) is 5.92 Å². The standard InChI is InChI=1S/C21H26BrN3O3S/c1-27-19-3-2-16(22)12-18(19)20-23-17(14-29-20)13-24-6-4-15(5-7-24)21(26)25-8-10-28-11-9-25/h2-3,12,14-15H,4-11,13H2,1H3. The summed E-state index contributed by atoms with van der Waals surface area (Å²) in [7, 11) is 1.68. The zero-order valence-electron chi connectivity index (χ0n) is 16.6. The van der Waals surface area contributed by atoms with E-state index in [-0.39, 0.29) is 5.92 Å². The molecule has 0 saturated carbocycles. The number of nitrogens with zero attached hydrogens (tertiary/aromatic N) is 3. The number of morpholine rings is 1. The molecule has 0 N–H and O–H groups in total. The van der Waals surface area contributed by atoms with Crippen molar-refractivity contribution in [2.75, 3.05) is 46.5 Å². The van der Waals surface area contributed by atoms with Crippen LogP contribution in [0.15, 0.2) is 28.1 Å². The van der Waals surface area contributed by atoms with Gasteiger partial charge in [0.1, 0.15) is 10.8 Å². The Labute approximate surface area is 183 Å². The van der Waals surface area contributed by atoms with E-state index in [4.69, 9.17) is 14.5 Å². The molecule has 0 aliphatic carbocycles. The number of halogens is 1. The van der Waals surface area contributed by atoms with Crippen LogP contribution in [-0.2, 0) is 16.1 Å². The molecule has 2 aromatic rings. The predicted molar refractivity (Wildman–Crippen MR) is 117 cm³/mol. The van der Waals surface area contributed by atoms with E-state index in [1.165, 1.54) is 0 Å². The van der Waals surface area contributed by atoms with Crippen molar-refractivity contribution < 1.29 is 14.3 Å². The molecule has 3 heterocycles. The van der Waals surface area contributed by atoms with Gasteiger partial charge in [-0.2, -0.15) is 0 Å². The lowest BCUT2D eigenvalue weighted by Gasteiger charge is -2.35. The van der Waals surface area contributed by atoms with Crippen molar-refractivity contribution >= 4 is 33.2 Å². The molecule has 8 heteroatoms. The fourth-order valence-corrected chi connectivity index (χ4v) is 5.15. The zero-order chi connectivity index (χ0) is 20.2. The molecule has 2 aliphatic heterocycles. The third kappa shape index (κ3) is 4.99. The van der Waals surface area contributed by atoms with Gasteiger partial charge in [-0.1, -0.05) is 15.9 Å². The molecule has 0 spiro atoms. The first-order valence-corrected chi connectivity index (χ1v) is 11.7. The molecule has 2 aliphatic rings. The van der Waals surface area contributed by atoms with Gasteiger partial charge in [0.25, 0.3) is 0 Å². The second-order valence-corrected chi connectivity index (χ2v) is 9.25. The summed E-state index contributed by atoms with van der Waals surface area (Å²) in [6.07, 6.45) is 1.85. The van der Waals surface area contributed by atoms with Crippen LogP contribution in [0.5, 0.6) is 5.75 Å². The smallest absolute Gasteiger partial charge is 0.225 e. The summed E-state index contributed by atoms with van der Waals surface area (Å²) in [6.45, 7) is 5.51. The number of aromatic nitrogens is 1. The second kappa shape index (κ2) is 9.55. The fourth-order valence-electron chi connectivity index (χ4n) is 3.96. The molecular weight excluding hydrogens is 454 g/mol. The lowest BCUT2D eigenvalue weighted by Crippen LogP contribution is -2.46. The van der Waals surface area contributed by atoms with Gasteiger partial charge in [0, 0.05) is 35.4 Å². The third-order valence-corrected chi connectivity index (χ3v) is 7.01. The average Bonchev–Trinajstić information content (AvgIpc) is 3.23. The highest BCUT2D eigenvalue weighted by atomic mass is 79.9. The molecule has 4 rings (SSSR count). The quantitative estimate of drug-likeness (QED) is 0.654. The number of piperidine rings is 1. The number of amides is 1. The highest BCUT2D eigenvalue weighted by molar-refractivity contribution is 9.10. The summed E-state index contributed by atoms with van der Waals surface area (Å²) in [5, 5.41) is 3.09. The van der Waals surface area contributed by atoms with Crippen molar-refractivity contribution in [1.82, 2.24) is 14.8 Å². The molecule has 29 heavy (non-hydrogen) atoms. The molecule has 0 unspecified atom stereocenters. The second-order valence-electron chi connectivity index (χ2n) is 7.48. The lowest BCUT2D eigenvalue weighted by molar-refractivity contribution is -0.141. The highest BCUT2D eigenvalue weighted by Crippen LogP contribution is 2.35. The molecule has 0 radical (unpaired) electrons. The lowest BCUT2D eigenvalue weighted by atomic mass is 9.95. The molecule has 1 aromatic carbocycles. The van der Waals surface area contributed by atoms with E-state index in [0.717, 1.165) is 72.1 Å². The van der Waals surface area contributed by atoms with Gasteiger partial charge in [0.2, 0.25) is 5.91 Å². The Morgan fingerprint density at radius 2 is 2.03 bits per heavy atom. The summed E-state index contributed by atoms with van der Waals surface area (Å²) >= 11 is 5.17. The monoisotopic (exact) mass is 479 g/mol. The molecule has 1 amide bonds. The van der Waals surface area contributed by atoms with Crippen LogP contribution in [0.4, 0.5) is 0 Å². The van der Waals surface area contributed by atoms with E-state index in [1.807, 2.05) is 23.1 Å². The largest absolute Gasteiger partial charge is 0.496 e. The van der Waals surface area contributed by atoms with Crippen LogP contribution in [0.2, 0.25) is 0 Å². The molecule has 2 saturated heterocycles. The maximum atomic E-state index is 12.7. The number of thiazole rings is 1. The summed E-state index contributed by atoms with van der Waals surface area (Å²) < 4.78 is 11.9. The summed E-state index contributed by atoms with van der Waals surface area (Å²) in [4.78, 5) is 21.9. The van der Waals surface area contributed by atoms with Gasteiger partial charge >= 0.3 is 0 Å². The van der Waals surface area contributed by atoms with E-state index in [2.05, 4.69) is 26.2 Å². The van der Waals surface area contributed by atoms with Crippen LogP contribution >= 0.6 is 27.3 Å². The Balaban J connectivity index is 1.34. The maximum absolute atomic E-state index is 12.7. The Bertz CT molecular complexity index is 845. The predicted octanol–water partition coefficient (Wildman–Crippen LogP) is 3.65. The molecule has 1 aromatic heterocycles. The number of carbonyl (C=O) groups is 1. The first-order valence-electron chi connectivity index (χ1n) is 10.0. The number of likely N-dealkylation sites (tertiary alicyclic amines) is 1. The van der Waals surface area contributed by atoms with Crippen LogP contribution < -0.4 is 4.74 Å².